The Morgan fingerprint density at radius 3 is 2.05 bits per heavy atom. The van der Waals surface area contributed by atoms with Gasteiger partial charge in [-0.15, -0.1) is 0 Å². The maximum Gasteiger partial charge on any atom is 0.179 e. The lowest BCUT2D eigenvalue weighted by Crippen LogP contribution is -2.42. The van der Waals surface area contributed by atoms with Crippen LogP contribution in [0.4, 0.5) is 5.69 Å². The van der Waals surface area contributed by atoms with Crippen molar-refractivity contribution in [2.45, 2.75) is 82.6 Å². The Morgan fingerprint density at radius 1 is 0.927 bits per heavy atom. The molecule has 7 heteroatoms. The predicted octanol–water partition coefficient (Wildman–Crippen LogP) is 6.89. The summed E-state index contributed by atoms with van der Waals surface area (Å²) >= 11 is 0. The molecule has 0 unspecified atom stereocenters. The number of sulfone groups is 1. The van der Waals surface area contributed by atoms with E-state index in [0.717, 1.165) is 24.2 Å². The first-order valence-electron chi connectivity index (χ1n) is 14.7. The molecule has 0 radical (unpaired) electrons. The quantitative estimate of drug-likeness (QED) is 0.200. The minimum Gasteiger partial charge on any atom is -0.490 e. The number of aliphatic hydroxyl groups excluding tert-OH is 1. The van der Waals surface area contributed by atoms with Gasteiger partial charge in [0.15, 0.2) is 9.84 Å². The molecule has 0 bridgehead atoms. The number of unbranched alkanes of at least 4 members (excludes halogenated alkanes) is 1. The zero-order valence-electron chi connectivity index (χ0n) is 25.0. The van der Waals surface area contributed by atoms with Crippen LogP contribution in [0.5, 0.6) is 11.5 Å². The number of rotatable bonds is 10. The Bertz CT molecular complexity index is 1410. The maximum absolute atomic E-state index is 13.6. The van der Waals surface area contributed by atoms with Gasteiger partial charge in [-0.05, 0) is 77.4 Å². The molecule has 0 aromatic heterocycles. The molecule has 6 nitrogen and oxygen atoms in total. The molecule has 1 aliphatic rings. The number of anilines is 1. The van der Waals surface area contributed by atoms with Crippen LogP contribution in [-0.2, 0) is 15.3 Å². The van der Waals surface area contributed by atoms with Crippen molar-refractivity contribution in [2.75, 3.05) is 24.7 Å². The Labute approximate surface area is 245 Å². The number of ether oxygens (including phenoxy) is 2. The molecular weight excluding hydrogens is 534 g/mol. The van der Waals surface area contributed by atoms with Gasteiger partial charge in [-0.2, -0.15) is 0 Å². The Hall–Kier alpha value is -3.03. The molecule has 0 fully saturated rings. The van der Waals surface area contributed by atoms with Gasteiger partial charge in [0.2, 0.25) is 0 Å². The Kier molecular flexibility index (Phi) is 9.39. The predicted molar refractivity (Wildman–Crippen MR) is 166 cm³/mol. The van der Waals surface area contributed by atoms with E-state index in [1.165, 1.54) is 5.56 Å². The third kappa shape index (κ3) is 6.90. The first-order valence-corrected chi connectivity index (χ1v) is 16.3. The van der Waals surface area contributed by atoms with Gasteiger partial charge in [0.1, 0.15) is 24.7 Å². The molecule has 3 atom stereocenters. The van der Waals surface area contributed by atoms with Crippen LogP contribution in [0.3, 0.4) is 0 Å². The van der Waals surface area contributed by atoms with Gasteiger partial charge < -0.3 is 20.3 Å². The summed E-state index contributed by atoms with van der Waals surface area (Å²) in [6.07, 6.45) is 2.09. The molecule has 0 aliphatic carbocycles. The molecule has 0 spiro atoms. The second kappa shape index (κ2) is 12.5. The fraction of sp³-hybridized carbons (Fsp3) is 0.471. The topological polar surface area (TPSA) is 98.9 Å². The van der Waals surface area contributed by atoms with Crippen LogP contribution in [0.2, 0.25) is 0 Å². The number of fused-ring (bicyclic) bond motifs is 1. The fourth-order valence-corrected chi connectivity index (χ4v) is 8.15. The van der Waals surface area contributed by atoms with Crippen molar-refractivity contribution in [1.29, 1.82) is 0 Å². The minimum absolute atomic E-state index is 0.0782. The van der Waals surface area contributed by atoms with E-state index >= 15 is 0 Å². The highest BCUT2D eigenvalue weighted by atomic mass is 32.2. The molecular formula is C34H45NO5S. The molecule has 3 aromatic rings. The van der Waals surface area contributed by atoms with Crippen molar-refractivity contribution in [3.63, 3.8) is 0 Å². The van der Waals surface area contributed by atoms with Gasteiger partial charge in [0.05, 0.1) is 16.8 Å². The summed E-state index contributed by atoms with van der Waals surface area (Å²) in [4.78, 5) is 0.260. The van der Waals surface area contributed by atoms with Gasteiger partial charge in [-0.3, -0.25) is 0 Å². The van der Waals surface area contributed by atoms with E-state index in [9.17, 15) is 13.5 Å². The summed E-state index contributed by atoms with van der Waals surface area (Å²) in [6.45, 7) is 11.4. The largest absolute Gasteiger partial charge is 0.490 e. The van der Waals surface area contributed by atoms with Gasteiger partial charge in [-0.1, -0.05) is 71.7 Å². The third-order valence-electron chi connectivity index (χ3n) is 8.44. The van der Waals surface area contributed by atoms with Crippen molar-refractivity contribution in [2.24, 2.45) is 5.41 Å². The number of hydrogen-bond donors (Lipinski definition) is 2. The van der Waals surface area contributed by atoms with Gasteiger partial charge in [-0.25, -0.2) is 8.42 Å². The molecule has 0 saturated carbocycles. The average molecular weight is 580 g/mol. The molecule has 3 aromatic carbocycles. The smallest absolute Gasteiger partial charge is 0.179 e. The zero-order valence-corrected chi connectivity index (χ0v) is 25.8. The van der Waals surface area contributed by atoms with E-state index in [1.54, 1.807) is 18.2 Å². The summed E-state index contributed by atoms with van der Waals surface area (Å²) in [5.74, 6) is 0.869. The van der Waals surface area contributed by atoms with Gasteiger partial charge >= 0.3 is 0 Å². The molecule has 4 rings (SSSR count). The molecule has 222 valence electrons. The number of benzene rings is 3. The zero-order chi connectivity index (χ0) is 29.8. The summed E-state index contributed by atoms with van der Waals surface area (Å²) in [5.41, 5.74) is 8.59. The maximum atomic E-state index is 13.6. The summed E-state index contributed by atoms with van der Waals surface area (Å²) in [7, 11) is -3.63. The number of hydrogen-bond acceptors (Lipinski definition) is 6. The van der Waals surface area contributed by atoms with Crippen LogP contribution in [0, 0.1) is 5.41 Å². The highest BCUT2D eigenvalue weighted by molar-refractivity contribution is 7.91. The van der Waals surface area contributed by atoms with E-state index < -0.39 is 27.3 Å². The van der Waals surface area contributed by atoms with Crippen molar-refractivity contribution < 1.29 is 23.0 Å². The molecule has 0 amide bonds. The fourth-order valence-electron chi connectivity index (χ4n) is 5.90. The van der Waals surface area contributed by atoms with Crippen LogP contribution in [0.25, 0.3) is 0 Å². The molecule has 1 heterocycles. The SMILES string of the molecule is CCCC[C@]1(CC)CS(=O)(=O)c2ccc(N)cc2[C@@H](c2ccc(OCCOc3ccc(C(C)(C)C)cc3)cc2)[C@H]1O. The van der Waals surface area contributed by atoms with Crippen molar-refractivity contribution in [3.05, 3.63) is 83.4 Å². The van der Waals surface area contributed by atoms with E-state index in [4.69, 9.17) is 15.2 Å². The number of aliphatic hydroxyl groups is 1. The monoisotopic (exact) mass is 579 g/mol. The minimum atomic E-state index is -3.63. The van der Waals surface area contributed by atoms with Crippen LogP contribution in [0.1, 0.15) is 82.9 Å². The van der Waals surface area contributed by atoms with E-state index in [2.05, 4.69) is 39.8 Å². The van der Waals surface area contributed by atoms with Crippen LogP contribution in [0.15, 0.2) is 71.6 Å². The van der Waals surface area contributed by atoms with Crippen molar-refractivity contribution >= 4 is 15.5 Å². The average Bonchev–Trinajstić information content (AvgIpc) is 3.00. The summed E-state index contributed by atoms with van der Waals surface area (Å²) in [5, 5.41) is 12.0. The Balaban J connectivity index is 1.53. The van der Waals surface area contributed by atoms with Crippen LogP contribution < -0.4 is 15.2 Å². The third-order valence-corrected chi connectivity index (χ3v) is 10.4. The van der Waals surface area contributed by atoms with Crippen molar-refractivity contribution in [1.82, 2.24) is 0 Å². The standard InChI is InChI=1S/C34H45NO5S/c1-6-8-19-34(7-2)23-41(37,38)30-18-13-26(35)22-29(30)31(32(34)36)24-9-14-27(15-10-24)39-20-21-40-28-16-11-25(12-17-28)33(3,4)5/h9-18,22,31-32,36H,6-8,19-21,23,35H2,1-5H3/t31-,32-,34-/m1/s1. The Morgan fingerprint density at radius 2 is 1.51 bits per heavy atom. The summed E-state index contributed by atoms with van der Waals surface area (Å²) in [6, 6.07) is 20.6. The molecule has 3 N–H and O–H groups in total. The molecule has 1 aliphatic heterocycles. The number of nitrogen functional groups attached to an aromatic ring is 1. The van der Waals surface area contributed by atoms with Gasteiger partial charge in [0.25, 0.3) is 0 Å². The first kappa shape index (κ1) is 30.9. The van der Waals surface area contributed by atoms with Gasteiger partial charge in [0, 0.05) is 17.0 Å². The second-order valence-corrected chi connectivity index (χ2v) is 14.3. The lowest BCUT2D eigenvalue weighted by Gasteiger charge is -2.39. The van der Waals surface area contributed by atoms with E-state index in [0.29, 0.717) is 43.1 Å². The lowest BCUT2D eigenvalue weighted by atomic mass is 9.69. The highest BCUT2D eigenvalue weighted by Crippen LogP contribution is 2.49. The van der Waals surface area contributed by atoms with Crippen LogP contribution >= 0.6 is 0 Å². The molecule has 0 saturated heterocycles. The first-order chi connectivity index (χ1) is 19.4. The van der Waals surface area contributed by atoms with E-state index in [-0.39, 0.29) is 16.1 Å². The van der Waals surface area contributed by atoms with Crippen LogP contribution in [-0.4, -0.2) is 38.6 Å². The normalized spacial score (nSPS) is 22.0. The second-order valence-electron chi connectivity index (χ2n) is 12.3. The van der Waals surface area contributed by atoms with E-state index in [1.807, 2.05) is 43.3 Å². The lowest BCUT2D eigenvalue weighted by molar-refractivity contribution is 0.0174. The summed E-state index contributed by atoms with van der Waals surface area (Å²) < 4.78 is 39.1. The highest BCUT2D eigenvalue weighted by Gasteiger charge is 2.48. The van der Waals surface area contributed by atoms with Crippen molar-refractivity contribution in [3.8, 4) is 11.5 Å². The number of nitrogens with two attached hydrogens (primary N) is 1. The molecule has 41 heavy (non-hydrogen) atoms.